The minimum absolute atomic E-state index is 0.310. The van der Waals surface area contributed by atoms with Gasteiger partial charge >= 0.3 is 0 Å². The van der Waals surface area contributed by atoms with Gasteiger partial charge in [-0.1, -0.05) is 0 Å². The second kappa shape index (κ2) is 6.10. The molecular weight excluding hydrogens is 236 g/mol. The Bertz CT molecular complexity index is 359. The maximum Gasteiger partial charge on any atom is 0.105 e. The van der Waals surface area contributed by atoms with E-state index in [-0.39, 0.29) is 0 Å². The molecule has 1 aromatic heterocycles. The highest BCUT2D eigenvalue weighted by Crippen LogP contribution is 2.20. The van der Waals surface area contributed by atoms with Crippen LogP contribution in [0.15, 0.2) is 22.8 Å². The number of piperidine rings is 1. The molecule has 0 aliphatic carbocycles. The van der Waals surface area contributed by atoms with Crippen LogP contribution in [-0.2, 0) is 6.42 Å². The van der Waals surface area contributed by atoms with Gasteiger partial charge in [0.2, 0.25) is 0 Å². The summed E-state index contributed by atoms with van der Waals surface area (Å²) in [6.45, 7) is 11.6. The van der Waals surface area contributed by atoms with Gasteiger partial charge in [-0.3, -0.25) is 4.90 Å². The predicted molar refractivity (Wildman–Crippen MR) is 79.4 cm³/mol. The van der Waals surface area contributed by atoms with Crippen molar-refractivity contribution < 1.29 is 4.42 Å². The molecule has 0 saturated carbocycles. The Kier molecular flexibility index (Phi) is 4.69. The lowest BCUT2D eigenvalue weighted by Gasteiger charge is -2.41. The van der Waals surface area contributed by atoms with E-state index in [9.17, 15) is 0 Å². The fraction of sp³-hybridized carbons (Fsp3) is 0.750. The first-order chi connectivity index (χ1) is 8.95. The minimum atomic E-state index is 0.310. The van der Waals surface area contributed by atoms with E-state index >= 15 is 0 Å². The fourth-order valence-electron chi connectivity index (χ4n) is 2.91. The lowest BCUT2D eigenvalue weighted by atomic mass is 9.97. The zero-order valence-electron chi connectivity index (χ0n) is 12.8. The van der Waals surface area contributed by atoms with Gasteiger partial charge in [-0.15, -0.1) is 0 Å². The van der Waals surface area contributed by atoms with Crippen molar-refractivity contribution in [3.05, 3.63) is 24.2 Å². The first kappa shape index (κ1) is 14.6. The number of hydrogen-bond donors (Lipinski definition) is 1. The summed E-state index contributed by atoms with van der Waals surface area (Å²) in [6, 6.07) is 5.16. The van der Waals surface area contributed by atoms with Gasteiger partial charge in [0.25, 0.3) is 0 Å². The molecule has 0 radical (unpaired) electrons. The third-order valence-corrected chi connectivity index (χ3v) is 4.05. The Labute approximate surface area is 117 Å². The molecule has 1 unspecified atom stereocenters. The normalized spacial score (nSPS) is 20.6. The topological polar surface area (TPSA) is 28.4 Å². The smallest absolute Gasteiger partial charge is 0.105 e. The number of nitrogens with one attached hydrogen (secondary N) is 1. The van der Waals surface area contributed by atoms with Crippen molar-refractivity contribution in [2.75, 3.05) is 13.1 Å². The molecule has 3 heteroatoms. The molecule has 1 saturated heterocycles. The van der Waals surface area contributed by atoms with Crippen molar-refractivity contribution in [2.24, 2.45) is 0 Å². The van der Waals surface area contributed by atoms with Crippen molar-refractivity contribution in [3.63, 3.8) is 0 Å². The molecule has 1 fully saturated rings. The van der Waals surface area contributed by atoms with Crippen molar-refractivity contribution in [2.45, 2.75) is 64.6 Å². The molecule has 0 amide bonds. The highest BCUT2D eigenvalue weighted by molar-refractivity contribution is 5.00. The van der Waals surface area contributed by atoms with Gasteiger partial charge in [-0.25, -0.2) is 0 Å². The van der Waals surface area contributed by atoms with E-state index in [1.807, 2.05) is 6.07 Å². The van der Waals surface area contributed by atoms with Gasteiger partial charge in [-0.05, 0) is 52.7 Å². The molecule has 1 aliphatic rings. The summed E-state index contributed by atoms with van der Waals surface area (Å²) >= 11 is 0. The van der Waals surface area contributed by atoms with Crippen LogP contribution < -0.4 is 5.32 Å². The van der Waals surface area contributed by atoms with E-state index in [0.717, 1.165) is 12.2 Å². The number of furan rings is 1. The second-order valence-electron chi connectivity index (χ2n) is 6.78. The second-order valence-corrected chi connectivity index (χ2v) is 6.78. The number of rotatable bonds is 4. The van der Waals surface area contributed by atoms with Crippen LogP contribution in [0, 0.1) is 0 Å². The highest BCUT2D eigenvalue weighted by Gasteiger charge is 2.27. The number of likely N-dealkylation sites (tertiary alicyclic amines) is 1. The van der Waals surface area contributed by atoms with E-state index in [1.165, 1.54) is 25.9 Å². The monoisotopic (exact) mass is 264 g/mol. The molecule has 19 heavy (non-hydrogen) atoms. The zero-order chi connectivity index (χ0) is 13.9. The molecule has 1 N–H and O–H groups in total. The molecule has 1 aliphatic heterocycles. The molecule has 3 nitrogen and oxygen atoms in total. The fourth-order valence-corrected chi connectivity index (χ4v) is 2.91. The molecule has 0 spiro atoms. The highest BCUT2D eigenvalue weighted by atomic mass is 16.3. The van der Waals surface area contributed by atoms with Crippen molar-refractivity contribution >= 4 is 0 Å². The van der Waals surface area contributed by atoms with E-state index in [0.29, 0.717) is 17.6 Å². The third kappa shape index (κ3) is 4.36. The van der Waals surface area contributed by atoms with Crippen LogP contribution in [0.3, 0.4) is 0 Å². The van der Waals surface area contributed by atoms with Crippen LogP contribution in [0.4, 0.5) is 0 Å². The Morgan fingerprint density at radius 2 is 2.05 bits per heavy atom. The van der Waals surface area contributed by atoms with Gasteiger partial charge in [0.1, 0.15) is 5.76 Å². The van der Waals surface area contributed by atoms with Gasteiger partial charge in [0.15, 0.2) is 0 Å². The Hall–Kier alpha value is -0.800. The van der Waals surface area contributed by atoms with Crippen LogP contribution in [0.2, 0.25) is 0 Å². The average molecular weight is 264 g/mol. The zero-order valence-corrected chi connectivity index (χ0v) is 12.8. The van der Waals surface area contributed by atoms with E-state index in [2.05, 4.69) is 44.0 Å². The van der Waals surface area contributed by atoms with Crippen LogP contribution >= 0.6 is 0 Å². The molecule has 0 bridgehead atoms. The number of nitrogens with zero attached hydrogens (tertiary/aromatic N) is 1. The molecule has 1 atom stereocenters. The lowest BCUT2D eigenvalue weighted by Crippen LogP contribution is -2.51. The number of hydrogen-bond acceptors (Lipinski definition) is 3. The maximum absolute atomic E-state index is 5.41. The minimum Gasteiger partial charge on any atom is -0.469 e. The molecule has 1 aromatic rings. The van der Waals surface area contributed by atoms with Crippen molar-refractivity contribution in [1.82, 2.24) is 10.2 Å². The summed E-state index contributed by atoms with van der Waals surface area (Å²) < 4.78 is 5.41. The first-order valence-corrected chi connectivity index (χ1v) is 7.48. The van der Waals surface area contributed by atoms with Crippen molar-refractivity contribution in [1.29, 1.82) is 0 Å². The molecule has 0 aromatic carbocycles. The standard InChI is InChI=1S/C16H28N2O/c1-13(12-15-6-5-11-19-15)17-14-7-9-18(10-8-14)16(2,3)4/h5-6,11,13-14,17H,7-10,12H2,1-4H3. The largest absolute Gasteiger partial charge is 0.469 e. The van der Waals surface area contributed by atoms with Crippen LogP contribution in [0.25, 0.3) is 0 Å². The van der Waals surface area contributed by atoms with E-state index < -0.39 is 0 Å². The maximum atomic E-state index is 5.41. The Morgan fingerprint density at radius 3 is 2.58 bits per heavy atom. The van der Waals surface area contributed by atoms with E-state index in [4.69, 9.17) is 4.42 Å². The van der Waals surface area contributed by atoms with Crippen LogP contribution in [-0.4, -0.2) is 35.6 Å². The summed E-state index contributed by atoms with van der Waals surface area (Å²) in [5.41, 5.74) is 0.310. The van der Waals surface area contributed by atoms with Gasteiger partial charge in [0.05, 0.1) is 6.26 Å². The molecule has 108 valence electrons. The van der Waals surface area contributed by atoms with Gasteiger partial charge < -0.3 is 9.73 Å². The van der Waals surface area contributed by atoms with Crippen LogP contribution in [0.1, 0.15) is 46.3 Å². The summed E-state index contributed by atoms with van der Waals surface area (Å²) in [6.07, 6.45) is 5.23. The Balaban J connectivity index is 1.73. The molecule has 2 heterocycles. The summed E-state index contributed by atoms with van der Waals surface area (Å²) in [4.78, 5) is 2.59. The predicted octanol–water partition coefficient (Wildman–Crippen LogP) is 3.06. The van der Waals surface area contributed by atoms with Gasteiger partial charge in [0, 0.05) is 37.1 Å². The lowest BCUT2D eigenvalue weighted by molar-refractivity contribution is 0.0941. The van der Waals surface area contributed by atoms with Crippen molar-refractivity contribution in [3.8, 4) is 0 Å². The molecule has 2 rings (SSSR count). The summed E-state index contributed by atoms with van der Waals surface area (Å²) in [5.74, 6) is 1.08. The Morgan fingerprint density at radius 1 is 1.37 bits per heavy atom. The first-order valence-electron chi connectivity index (χ1n) is 7.48. The van der Waals surface area contributed by atoms with Crippen LogP contribution in [0.5, 0.6) is 0 Å². The molecular formula is C16H28N2O. The quantitative estimate of drug-likeness (QED) is 0.906. The van der Waals surface area contributed by atoms with Gasteiger partial charge in [-0.2, -0.15) is 0 Å². The SMILES string of the molecule is CC(Cc1ccco1)NC1CCN(C(C)(C)C)CC1. The summed E-state index contributed by atoms with van der Waals surface area (Å²) in [7, 11) is 0. The van der Waals surface area contributed by atoms with E-state index in [1.54, 1.807) is 6.26 Å². The average Bonchev–Trinajstić information content (AvgIpc) is 2.81. The summed E-state index contributed by atoms with van der Waals surface area (Å²) in [5, 5.41) is 3.74. The third-order valence-electron chi connectivity index (χ3n) is 4.05.